The maximum absolute atomic E-state index is 11.5. The predicted molar refractivity (Wildman–Crippen MR) is 60.8 cm³/mol. The molecule has 1 rings (SSSR count). The zero-order valence-electron chi connectivity index (χ0n) is 9.00. The monoisotopic (exact) mass is 245 g/mol. The highest BCUT2D eigenvalue weighted by Crippen LogP contribution is 2.31. The highest BCUT2D eigenvalue weighted by atomic mass is 32.1. The first-order valence-corrected chi connectivity index (χ1v) is 5.43. The van der Waals surface area contributed by atoms with Crippen molar-refractivity contribution in [1.82, 2.24) is 4.90 Å². The molecule has 5 nitrogen and oxygen atoms in total. The first-order chi connectivity index (χ1) is 7.49. The van der Waals surface area contributed by atoms with Crippen LogP contribution in [0, 0.1) is 5.92 Å². The van der Waals surface area contributed by atoms with E-state index in [1.54, 1.807) is 0 Å². The van der Waals surface area contributed by atoms with Gasteiger partial charge in [-0.3, -0.25) is 9.59 Å². The average molecular weight is 245 g/mol. The Morgan fingerprint density at radius 2 is 2.44 bits per heavy atom. The highest BCUT2D eigenvalue weighted by Gasteiger charge is 2.48. The molecule has 0 aliphatic carbocycles. The van der Waals surface area contributed by atoms with Gasteiger partial charge in [-0.1, -0.05) is 12.7 Å². The van der Waals surface area contributed by atoms with Crippen LogP contribution in [-0.2, 0) is 14.3 Å². The Morgan fingerprint density at radius 1 is 1.81 bits per heavy atom. The van der Waals surface area contributed by atoms with Crippen molar-refractivity contribution in [1.29, 1.82) is 0 Å². The molecule has 0 radical (unpaired) electrons. The SMILES string of the molecule is C=CCOC(=O)CN1C(=O)[C@H]([C@@H](C)O)[C@H]1S. The maximum Gasteiger partial charge on any atom is 0.325 e. The fraction of sp³-hybridized carbons (Fsp3) is 0.600. The van der Waals surface area contributed by atoms with Crippen molar-refractivity contribution in [3.8, 4) is 0 Å². The van der Waals surface area contributed by atoms with Crippen LogP contribution in [0.15, 0.2) is 12.7 Å². The number of hydrogen-bond acceptors (Lipinski definition) is 5. The number of rotatable bonds is 5. The standard InChI is InChI=1S/C10H15NO4S/c1-3-4-15-7(13)5-11-9(14)8(6(2)12)10(11)16/h3,6,8,10,12,16H,1,4-5H2,2H3/t6-,8+,10-/m1/s1. The van der Waals surface area contributed by atoms with Gasteiger partial charge in [0.2, 0.25) is 5.91 Å². The number of aliphatic hydroxyl groups is 1. The molecule has 90 valence electrons. The lowest BCUT2D eigenvalue weighted by molar-refractivity contribution is -0.164. The van der Waals surface area contributed by atoms with Crippen LogP contribution in [0.25, 0.3) is 0 Å². The molecule has 0 aromatic heterocycles. The van der Waals surface area contributed by atoms with Gasteiger partial charge in [-0.15, -0.1) is 0 Å². The number of carbonyl (C=O) groups is 2. The zero-order chi connectivity index (χ0) is 12.3. The summed E-state index contributed by atoms with van der Waals surface area (Å²) in [5.41, 5.74) is 0. The molecule has 0 unspecified atom stereocenters. The third kappa shape index (κ3) is 2.56. The third-order valence-corrected chi connectivity index (χ3v) is 2.99. The van der Waals surface area contributed by atoms with E-state index in [0.29, 0.717) is 0 Å². The van der Waals surface area contributed by atoms with Crippen LogP contribution in [0.2, 0.25) is 0 Å². The van der Waals surface area contributed by atoms with Crippen molar-refractivity contribution in [2.24, 2.45) is 5.92 Å². The normalized spacial score (nSPS) is 25.9. The number of esters is 1. The Labute approximate surface area is 99.5 Å². The lowest BCUT2D eigenvalue weighted by atomic mass is 9.93. The molecule has 1 amide bonds. The lowest BCUT2D eigenvalue weighted by Gasteiger charge is -2.45. The molecular weight excluding hydrogens is 230 g/mol. The van der Waals surface area contributed by atoms with E-state index in [9.17, 15) is 14.7 Å². The average Bonchev–Trinajstić information content (AvgIpc) is 2.22. The first kappa shape index (κ1) is 13.1. The van der Waals surface area contributed by atoms with Crippen LogP contribution in [-0.4, -0.2) is 46.5 Å². The molecular formula is C10H15NO4S. The van der Waals surface area contributed by atoms with Gasteiger partial charge in [-0.2, -0.15) is 12.6 Å². The summed E-state index contributed by atoms with van der Waals surface area (Å²) < 4.78 is 4.74. The summed E-state index contributed by atoms with van der Waals surface area (Å²) in [4.78, 5) is 24.0. The Hall–Kier alpha value is -1.01. The van der Waals surface area contributed by atoms with Gasteiger partial charge in [0, 0.05) is 0 Å². The molecule has 1 saturated heterocycles. The summed E-state index contributed by atoms with van der Waals surface area (Å²) in [6.07, 6.45) is 0.697. The number of likely N-dealkylation sites (tertiary alicyclic amines) is 1. The van der Waals surface area contributed by atoms with E-state index in [4.69, 9.17) is 4.74 Å². The predicted octanol–water partition coefficient (Wildman–Crippen LogP) is -0.189. The molecule has 1 fully saturated rings. The Morgan fingerprint density at radius 3 is 2.88 bits per heavy atom. The minimum Gasteiger partial charge on any atom is -0.460 e. The summed E-state index contributed by atoms with van der Waals surface area (Å²) in [6.45, 7) is 4.92. The number of nitrogens with zero attached hydrogens (tertiary/aromatic N) is 1. The molecule has 3 atom stereocenters. The maximum atomic E-state index is 11.5. The van der Waals surface area contributed by atoms with Gasteiger partial charge >= 0.3 is 5.97 Å². The van der Waals surface area contributed by atoms with Gasteiger partial charge in [0.1, 0.15) is 13.2 Å². The number of aliphatic hydroxyl groups excluding tert-OH is 1. The summed E-state index contributed by atoms with van der Waals surface area (Å²) in [5.74, 6) is -1.31. The van der Waals surface area contributed by atoms with Crippen LogP contribution >= 0.6 is 12.6 Å². The molecule has 0 bridgehead atoms. The molecule has 0 aromatic carbocycles. The zero-order valence-corrected chi connectivity index (χ0v) is 9.89. The third-order valence-electron chi connectivity index (χ3n) is 2.39. The van der Waals surface area contributed by atoms with Gasteiger partial charge in [0.25, 0.3) is 0 Å². The fourth-order valence-electron chi connectivity index (χ4n) is 1.52. The molecule has 0 spiro atoms. The number of hydrogen-bond donors (Lipinski definition) is 2. The summed E-state index contributed by atoms with van der Waals surface area (Å²) in [6, 6.07) is 0. The van der Waals surface area contributed by atoms with E-state index in [2.05, 4.69) is 19.2 Å². The van der Waals surface area contributed by atoms with Gasteiger partial charge in [-0.05, 0) is 6.92 Å². The van der Waals surface area contributed by atoms with Gasteiger partial charge in [-0.25, -0.2) is 0 Å². The molecule has 6 heteroatoms. The van der Waals surface area contributed by atoms with E-state index >= 15 is 0 Å². The van der Waals surface area contributed by atoms with E-state index in [-0.39, 0.29) is 19.1 Å². The second-order valence-electron chi connectivity index (χ2n) is 3.62. The van der Waals surface area contributed by atoms with Crippen molar-refractivity contribution in [3.63, 3.8) is 0 Å². The summed E-state index contributed by atoms with van der Waals surface area (Å²) >= 11 is 4.16. The topological polar surface area (TPSA) is 66.8 Å². The van der Waals surface area contributed by atoms with E-state index in [0.717, 1.165) is 0 Å². The first-order valence-electron chi connectivity index (χ1n) is 4.92. The molecule has 1 heterocycles. The lowest BCUT2D eigenvalue weighted by Crippen LogP contribution is -2.62. The van der Waals surface area contributed by atoms with Crippen molar-refractivity contribution in [2.45, 2.75) is 18.4 Å². The second kappa shape index (κ2) is 5.36. The van der Waals surface area contributed by atoms with Gasteiger partial charge in [0.05, 0.1) is 17.4 Å². The van der Waals surface area contributed by atoms with E-state index in [1.807, 2.05) is 0 Å². The number of thiol groups is 1. The van der Waals surface area contributed by atoms with E-state index in [1.165, 1.54) is 17.9 Å². The molecule has 1 aliphatic rings. The van der Waals surface area contributed by atoms with Crippen LogP contribution < -0.4 is 0 Å². The fourth-order valence-corrected chi connectivity index (χ4v) is 2.10. The smallest absolute Gasteiger partial charge is 0.325 e. The molecule has 1 N–H and O–H groups in total. The van der Waals surface area contributed by atoms with E-state index < -0.39 is 23.4 Å². The number of amides is 1. The summed E-state index contributed by atoms with van der Waals surface area (Å²) in [7, 11) is 0. The van der Waals surface area contributed by atoms with Crippen molar-refractivity contribution >= 4 is 24.5 Å². The summed E-state index contributed by atoms with van der Waals surface area (Å²) in [5, 5.41) is 8.85. The van der Waals surface area contributed by atoms with Gasteiger partial charge in [0.15, 0.2) is 0 Å². The molecule has 16 heavy (non-hydrogen) atoms. The Kier molecular flexibility index (Phi) is 4.37. The number of carbonyl (C=O) groups excluding carboxylic acids is 2. The Bertz CT molecular complexity index is 305. The highest BCUT2D eigenvalue weighted by molar-refractivity contribution is 7.81. The van der Waals surface area contributed by atoms with Crippen molar-refractivity contribution < 1.29 is 19.4 Å². The van der Waals surface area contributed by atoms with Crippen LogP contribution in [0.5, 0.6) is 0 Å². The van der Waals surface area contributed by atoms with Crippen molar-refractivity contribution in [3.05, 3.63) is 12.7 Å². The van der Waals surface area contributed by atoms with Gasteiger partial charge < -0.3 is 14.7 Å². The quantitative estimate of drug-likeness (QED) is 0.305. The largest absolute Gasteiger partial charge is 0.460 e. The van der Waals surface area contributed by atoms with Crippen LogP contribution in [0.4, 0.5) is 0 Å². The number of ether oxygens (including phenoxy) is 1. The minimum atomic E-state index is -0.754. The Balaban J connectivity index is 2.43. The molecule has 0 saturated carbocycles. The van der Waals surface area contributed by atoms with Crippen molar-refractivity contribution in [2.75, 3.05) is 13.2 Å². The molecule has 1 aliphatic heterocycles. The van der Waals surface area contributed by atoms with Crippen LogP contribution in [0.1, 0.15) is 6.92 Å². The molecule has 0 aromatic rings. The number of β-lactam (4-membered cyclic amide) rings is 1. The minimum absolute atomic E-state index is 0.123. The second-order valence-corrected chi connectivity index (χ2v) is 4.15. The van der Waals surface area contributed by atoms with Crippen LogP contribution in [0.3, 0.4) is 0 Å².